The fraction of sp³-hybridized carbons (Fsp3) is 0.889. The molecule has 1 saturated heterocycles. The van der Waals surface area contributed by atoms with Gasteiger partial charge in [0, 0.05) is 11.6 Å². The Morgan fingerprint density at radius 3 is 2.79 bits per heavy atom. The molecule has 2 unspecified atom stereocenters. The Balaban J connectivity index is 2.46. The van der Waals surface area contributed by atoms with Crippen molar-refractivity contribution < 1.29 is 9.90 Å². The van der Waals surface area contributed by atoms with Crippen molar-refractivity contribution in [2.75, 3.05) is 11.6 Å². The van der Waals surface area contributed by atoms with Gasteiger partial charge in [-0.2, -0.15) is 0 Å². The monoisotopic (exact) mass is 218 g/mol. The van der Waals surface area contributed by atoms with Crippen LogP contribution in [0, 0.1) is 0 Å². The zero-order valence-corrected chi connectivity index (χ0v) is 9.65. The summed E-state index contributed by atoms with van der Waals surface area (Å²) in [6.45, 7) is 5.31. The van der Waals surface area contributed by atoms with Crippen LogP contribution in [0.4, 0.5) is 0 Å². The molecular weight excluding hydrogens is 200 g/mol. The van der Waals surface area contributed by atoms with Crippen LogP contribution >= 0.6 is 11.8 Å². The van der Waals surface area contributed by atoms with Gasteiger partial charge in [-0.25, -0.2) is 0 Å². The highest BCUT2D eigenvalue weighted by Gasteiger charge is 2.30. The second-order valence-corrected chi connectivity index (χ2v) is 5.19. The van der Waals surface area contributed by atoms with E-state index in [4.69, 9.17) is 0 Å². The minimum atomic E-state index is -0.563. The molecular formula is C9H18N2O2S. The fourth-order valence-corrected chi connectivity index (χ4v) is 2.01. The van der Waals surface area contributed by atoms with Crippen molar-refractivity contribution in [3.8, 4) is 0 Å². The van der Waals surface area contributed by atoms with Crippen LogP contribution in [-0.2, 0) is 4.79 Å². The summed E-state index contributed by atoms with van der Waals surface area (Å²) in [5.41, 5.74) is -0.563. The smallest absolute Gasteiger partial charge is 0.238 e. The van der Waals surface area contributed by atoms with Gasteiger partial charge >= 0.3 is 0 Å². The van der Waals surface area contributed by atoms with Gasteiger partial charge < -0.3 is 10.4 Å². The molecule has 0 aromatic carbocycles. The van der Waals surface area contributed by atoms with Gasteiger partial charge in [-0.05, 0) is 20.8 Å². The first-order chi connectivity index (χ1) is 6.43. The number of hydrogen-bond donors (Lipinski definition) is 3. The van der Waals surface area contributed by atoms with Gasteiger partial charge in [0.25, 0.3) is 0 Å². The van der Waals surface area contributed by atoms with Crippen LogP contribution in [0.3, 0.4) is 0 Å². The summed E-state index contributed by atoms with van der Waals surface area (Å²) in [7, 11) is 0. The Morgan fingerprint density at radius 1 is 1.71 bits per heavy atom. The van der Waals surface area contributed by atoms with Crippen LogP contribution in [0.5, 0.6) is 0 Å². The fourth-order valence-electron chi connectivity index (χ4n) is 1.07. The SMILES string of the molecule is CC(O)C(C)(C)NC(=O)C1CSCN1. The van der Waals surface area contributed by atoms with E-state index < -0.39 is 11.6 Å². The highest BCUT2D eigenvalue weighted by molar-refractivity contribution is 7.99. The molecule has 0 aromatic heterocycles. The highest BCUT2D eigenvalue weighted by Crippen LogP contribution is 2.13. The summed E-state index contributed by atoms with van der Waals surface area (Å²) in [6, 6.07) is -0.113. The molecule has 1 rings (SSSR count). The average Bonchev–Trinajstić information content (AvgIpc) is 2.54. The number of nitrogens with one attached hydrogen (secondary N) is 2. The van der Waals surface area contributed by atoms with E-state index >= 15 is 0 Å². The zero-order chi connectivity index (χ0) is 10.8. The molecule has 4 nitrogen and oxygen atoms in total. The van der Waals surface area contributed by atoms with E-state index in [0.717, 1.165) is 11.6 Å². The number of hydrogen-bond acceptors (Lipinski definition) is 4. The quantitative estimate of drug-likeness (QED) is 0.620. The molecule has 1 aliphatic heterocycles. The number of amides is 1. The Bertz CT molecular complexity index is 213. The van der Waals surface area contributed by atoms with Crippen molar-refractivity contribution in [1.29, 1.82) is 0 Å². The van der Waals surface area contributed by atoms with E-state index in [-0.39, 0.29) is 11.9 Å². The molecule has 14 heavy (non-hydrogen) atoms. The van der Waals surface area contributed by atoms with E-state index in [0.29, 0.717) is 0 Å². The summed E-state index contributed by atoms with van der Waals surface area (Å²) in [5.74, 6) is 1.61. The van der Waals surface area contributed by atoms with E-state index in [1.54, 1.807) is 18.7 Å². The third-order valence-electron chi connectivity index (χ3n) is 2.52. The molecule has 0 bridgehead atoms. The average molecular weight is 218 g/mol. The number of rotatable bonds is 3. The van der Waals surface area contributed by atoms with Crippen molar-refractivity contribution in [1.82, 2.24) is 10.6 Å². The normalized spacial score (nSPS) is 24.7. The number of aliphatic hydroxyl groups is 1. The van der Waals surface area contributed by atoms with Gasteiger partial charge in [0.1, 0.15) is 0 Å². The molecule has 0 aliphatic carbocycles. The Morgan fingerprint density at radius 2 is 2.36 bits per heavy atom. The standard InChI is InChI=1S/C9H18N2O2S/c1-6(12)9(2,3)11-8(13)7-4-14-5-10-7/h6-7,10,12H,4-5H2,1-3H3,(H,11,13). The molecule has 1 aliphatic rings. The Hall–Kier alpha value is -0.260. The largest absolute Gasteiger partial charge is 0.391 e. The summed E-state index contributed by atoms with van der Waals surface area (Å²) in [4.78, 5) is 11.7. The van der Waals surface area contributed by atoms with E-state index in [2.05, 4.69) is 10.6 Å². The predicted molar refractivity (Wildman–Crippen MR) is 58.2 cm³/mol. The first-order valence-electron chi connectivity index (χ1n) is 4.74. The molecule has 1 fully saturated rings. The molecule has 2 atom stereocenters. The molecule has 82 valence electrons. The number of aliphatic hydroxyl groups excluding tert-OH is 1. The van der Waals surface area contributed by atoms with Crippen molar-refractivity contribution in [2.24, 2.45) is 0 Å². The maximum absolute atomic E-state index is 11.7. The summed E-state index contributed by atoms with van der Waals surface area (Å²) in [5, 5.41) is 15.4. The minimum Gasteiger partial charge on any atom is -0.391 e. The lowest BCUT2D eigenvalue weighted by molar-refractivity contribution is -0.125. The van der Waals surface area contributed by atoms with Gasteiger partial charge in [-0.15, -0.1) is 11.8 Å². The third-order valence-corrected chi connectivity index (χ3v) is 3.46. The Labute approximate surface area is 88.8 Å². The second-order valence-electron chi connectivity index (χ2n) is 4.16. The number of carbonyl (C=O) groups is 1. The van der Waals surface area contributed by atoms with Gasteiger partial charge in [0.05, 0.1) is 17.7 Å². The maximum atomic E-state index is 11.7. The van der Waals surface area contributed by atoms with Crippen LogP contribution in [0.15, 0.2) is 0 Å². The molecule has 0 spiro atoms. The molecule has 0 saturated carbocycles. The molecule has 0 radical (unpaired) electrons. The molecule has 1 heterocycles. The first-order valence-corrected chi connectivity index (χ1v) is 5.90. The maximum Gasteiger partial charge on any atom is 0.238 e. The second kappa shape index (κ2) is 4.51. The highest BCUT2D eigenvalue weighted by atomic mass is 32.2. The van der Waals surface area contributed by atoms with E-state index in [1.165, 1.54) is 0 Å². The minimum absolute atomic E-state index is 0.0269. The third kappa shape index (κ3) is 2.87. The van der Waals surface area contributed by atoms with Crippen LogP contribution < -0.4 is 10.6 Å². The van der Waals surface area contributed by atoms with Crippen LogP contribution in [-0.4, -0.2) is 40.3 Å². The lowest BCUT2D eigenvalue weighted by Crippen LogP contribution is -2.55. The van der Waals surface area contributed by atoms with Crippen LogP contribution in [0.25, 0.3) is 0 Å². The first kappa shape index (κ1) is 11.8. The van der Waals surface area contributed by atoms with Gasteiger partial charge in [0.15, 0.2) is 0 Å². The predicted octanol–water partition coefficient (Wildman–Crippen LogP) is -0.0755. The van der Waals surface area contributed by atoms with Gasteiger partial charge in [-0.3, -0.25) is 10.1 Å². The molecule has 0 aromatic rings. The van der Waals surface area contributed by atoms with Crippen LogP contribution in [0.1, 0.15) is 20.8 Å². The van der Waals surface area contributed by atoms with Gasteiger partial charge in [0.2, 0.25) is 5.91 Å². The Kier molecular flexibility index (Phi) is 3.80. The van der Waals surface area contributed by atoms with Crippen molar-refractivity contribution in [3.05, 3.63) is 0 Å². The topological polar surface area (TPSA) is 61.4 Å². The summed E-state index contributed by atoms with van der Waals surface area (Å²) < 4.78 is 0. The molecule has 3 N–H and O–H groups in total. The van der Waals surface area contributed by atoms with Crippen molar-refractivity contribution >= 4 is 17.7 Å². The number of thioether (sulfide) groups is 1. The van der Waals surface area contributed by atoms with E-state index in [1.807, 2.05) is 13.8 Å². The molecule has 5 heteroatoms. The lowest BCUT2D eigenvalue weighted by atomic mass is 9.98. The lowest BCUT2D eigenvalue weighted by Gasteiger charge is -2.30. The van der Waals surface area contributed by atoms with Crippen LogP contribution in [0.2, 0.25) is 0 Å². The number of carbonyl (C=O) groups excluding carboxylic acids is 1. The van der Waals surface area contributed by atoms with Crippen molar-refractivity contribution in [2.45, 2.75) is 38.5 Å². The summed E-state index contributed by atoms with van der Waals surface area (Å²) in [6.07, 6.45) is -0.555. The summed E-state index contributed by atoms with van der Waals surface area (Å²) >= 11 is 1.71. The van der Waals surface area contributed by atoms with Gasteiger partial charge in [-0.1, -0.05) is 0 Å². The van der Waals surface area contributed by atoms with E-state index in [9.17, 15) is 9.90 Å². The zero-order valence-electron chi connectivity index (χ0n) is 8.83. The molecule has 1 amide bonds. The van der Waals surface area contributed by atoms with Crippen molar-refractivity contribution in [3.63, 3.8) is 0 Å².